The lowest BCUT2D eigenvalue weighted by Crippen LogP contribution is -2.09. The fraction of sp³-hybridized carbons (Fsp3) is 0.273. The lowest BCUT2D eigenvalue weighted by molar-refractivity contribution is 0.0173. The van der Waals surface area contributed by atoms with Crippen LogP contribution in [0.5, 0.6) is 0 Å². The maximum absolute atomic E-state index is 13.2. The van der Waals surface area contributed by atoms with Crippen molar-refractivity contribution >= 4 is 9.84 Å². The third-order valence-electron chi connectivity index (χ3n) is 2.47. The second kappa shape index (κ2) is 4.37. The van der Waals surface area contributed by atoms with Crippen LogP contribution >= 0.6 is 0 Å². The Bertz CT molecular complexity index is 705. The summed E-state index contributed by atoms with van der Waals surface area (Å²) in [7, 11) is -3.39. The minimum atomic E-state index is -3.39. The number of pyridine rings is 1. The number of rotatable bonds is 3. The van der Waals surface area contributed by atoms with Crippen molar-refractivity contribution in [3.05, 3.63) is 36.3 Å². The fourth-order valence-corrected chi connectivity index (χ4v) is 1.97. The molecule has 0 aromatic carbocycles. The highest BCUT2D eigenvalue weighted by Crippen LogP contribution is 2.27. The van der Waals surface area contributed by atoms with Gasteiger partial charge >= 0.3 is 0 Å². The number of hydrogen-bond acceptors (Lipinski definition) is 4. The molecule has 8 heteroatoms. The van der Waals surface area contributed by atoms with Crippen LogP contribution in [-0.4, -0.2) is 29.4 Å². The predicted octanol–water partition coefficient (Wildman–Crippen LogP) is 1.78. The molecule has 0 aliphatic carbocycles. The average Bonchev–Trinajstić information content (AvgIpc) is 2.77. The maximum Gasteiger partial charge on any atom is 0.270 e. The molecule has 0 bridgehead atoms. The second-order valence-electron chi connectivity index (χ2n) is 4.18. The van der Waals surface area contributed by atoms with Crippen molar-refractivity contribution in [2.24, 2.45) is 0 Å². The van der Waals surface area contributed by atoms with E-state index in [1.165, 1.54) is 24.5 Å². The van der Waals surface area contributed by atoms with E-state index in [1.54, 1.807) is 0 Å². The Hall–Kier alpha value is -1.83. The van der Waals surface area contributed by atoms with Crippen molar-refractivity contribution in [2.45, 2.75) is 17.7 Å². The number of aromatic nitrogens is 3. The van der Waals surface area contributed by atoms with E-state index in [9.17, 15) is 17.2 Å². The van der Waals surface area contributed by atoms with Gasteiger partial charge in [-0.05, 0) is 12.1 Å². The van der Waals surface area contributed by atoms with Gasteiger partial charge in [-0.2, -0.15) is 5.10 Å². The summed E-state index contributed by atoms with van der Waals surface area (Å²) >= 11 is 0. The van der Waals surface area contributed by atoms with Gasteiger partial charge in [0.05, 0.1) is 12.4 Å². The molecule has 0 radical (unpaired) electrons. The van der Waals surface area contributed by atoms with Crippen LogP contribution in [0.1, 0.15) is 12.5 Å². The summed E-state index contributed by atoms with van der Waals surface area (Å²) < 4.78 is 50.1. The van der Waals surface area contributed by atoms with Gasteiger partial charge in [0.25, 0.3) is 5.92 Å². The molecular formula is C11H11F2N3O2S. The molecule has 0 spiro atoms. The molecule has 0 atom stereocenters. The molecule has 0 unspecified atom stereocenters. The Kier molecular flexibility index (Phi) is 3.13. The van der Waals surface area contributed by atoms with E-state index in [0.29, 0.717) is 0 Å². The zero-order valence-corrected chi connectivity index (χ0v) is 11.0. The molecule has 0 fully saturated rings. The first kappa shape index (κ1) is 13.6. The van der Waals surface area contributed by atoms with Crippen molar-refractivity contribution in [1.29, 1.82) is 0 Å². The van der Waals surface area contributed by atoms with Gasteiger partial charge in [0.1, 0.15) is 4.90 Å². The Labute approximate surface area is 108 Å². The van der Waals surface area contributed by atoms with Gasteiger partial charge in [-0.15, -0.1) is 0 Å². The van der Waals surface area contributed by atoms with E-state index >= 15 is 0 Å². The van der Waals surface area contributed by atoms with Crippen LogP contribution in [0.4, 0.5) is 8.78 Å². The van der Waals surface area contributed by atoms with Crippen LogP contribution in [0.2, 0.25) is 0 Å². The monoisotopic (exact) mass is 287 g/mol. The van der Waals surface area contributed by atoms with Gasteiger partial charge in [-0.3, -0.25) is 0 Å². The summed E-state index contributed by atoms with van der Waals surface area (Å²) in [5, 5.41) is 3.81. The second-order valence-corrected chi connectivity index (χ2v) is 6.20. The molecule has 0 aliphatic rings. The van der Waals surface area contributed by atoms with Crippen molar-refractivity contribution in [2.75, 3.05) is 6.26 Å². The van der Waals surface area contributed by atoms with E-state index in [4.69, 9.17) is 0 Å². The fourth-order valence-electron chi connectivity index (χ4n) is 1.44. The van der Waals surface area contributed by atoms with Gasteiger partial charge in [-0.25, -0.2) is 26.9 Å². The highest BCUT2D eigenvalue weighted by molar-refractivity contribution is 7.90. The summed E-state index contributed by atoms with van der Waals surface area (Å²) in [4.78, 5) is 3.89. The first-order chi connectivity index (χ1) is 8.68. The molecule has 2 heterocycles. The SMILES string of the molecule is CC(F)(F)c1ccnc(-n2cc(S(C)(=O)=O)cn2)c1. The minimum Gasteiger partial charge on any atom is -0.237 e. The van der Waals surface area contributed by atoms with Crippen LogP contribution in [0, 0.1) is 0 Å². The van der Waals surface area contributed by atoms with Gasteiger partial charge in [0.15, 0.2) is 15.7 Å². The lowest BCUT2D eigenvalue weighted by atomic mass is 10.1. The van der Waals surface area contributed by atoms with E-state index in [1.807, 2.05) is 0 Å². The number of sulfone groups is 1. The molecule has 2 aromatic heterocycles. The quantitative estimate of drug-likeness (QED) is 0.863. The van der Waals surface area contributed by atoms with Crippen molar-refractivity contribution in [1.82, 2.24) is 14.8 Å². The lowest BCUT2D eigenvalue weighted by Gasteiger charge is -2.11. The first-order valence-corrected chi connectivity index (χ1v) is 7.16. The Morgan fingerprint density at radius 3 is 2.58 bits per heavy atom. The zero-order valence-electron chi connectivity index (χ0n) is 10.2. The third kappa shape index (κ3) is 2.95. The topological polar surface area (TPSA) is 64.8 Å². The van der Waals surface area contributed by atoms with E-state index in [0.717, 1.165) is 24.1 Å². The maximum atomic E-state index is 13.2. The van der Waals surface area contributed by atoms with Crippen LogP contribution in [0.25, 0.3) is 5.82 Å². The Morgan fingerprint density at radius 1 is 1.37 bits per heavy atom. The largest absolute Gasteiger partial charge is 0.270 e. The van der Waals surface area contributed by atoms with Crippen LogP contribution < -0.4 is 0 Å². The summed E-state index contributed by atoms with van der Waals surface area (Å²) in [6.07, 6.45) is 4.64. The summed E-state index contributed by atoms with van der Waals surface area (Å²) in [6.45, 7) is 0.775. The molecule has 102 valence electrons. The van der Waals surface area contributed by atoms with Crippen LogP contribution in [0.15, 0.2) is 35.6 Å². The van der Waals surface area contributed by atoms with Gasteiger partial charge in [-0.1, -0.05) is 0 Å². The molecule has 0 aliphatic heterocycles. The molecule has 2 rings (SSSR count). The first-order valence-electron chi connectivity index (χ1n) is 5.27. The molecular weight excluding hydrogens is 276 g/mol. The summed E-state index contributed by atoms with van der Waals surface area (Å²) in [5.41, 5.74) is -0.214. The number of nitrogens with zero attached hydrogens (tertiary/aromatic N) is 3. The van der Waals surface area contributed by atoms with Crippen LogP contribution in [-0.2, 0) is 15.8 Å². The minimum absolute atomic E-state index is 0.00274. The number of hydrogen-bond donors (Lipinski definition) is 0. The summed E-state index contributed by atoms with van der Waals surface area (Å²) in [5.74, 6) is -2.86. The van der Waals surface area contributed by atoms with Crippen LogP contribution in [0.3, 0.4) is 0 Å². The molecule has 19 heavy (non-hydrogen) atoms. The van der Waals surface area contributed by atoms with E-state index in [2.05, 4.69) is 10.1 Å². The normalized spacial score (nSPS) is 12.6. The van der Waals surface area contributed by atoms with Gasteiger partial charge < -0.3 is 0 Å². The van der Waals surface area contributed by atoms with E-state index in [-0.39, 0.29) is 16.3 Å². The highest BCUT2D eigenvalue weighted by Gasteiger charge is 2.25. The standard InChI is InChI=1S/C11H11F2N3O2S/c1-11(12,13)8-3-4-14-10(5-8)16-7-9(6-15-16)19(2,17)18/h3-7H,1-2H3. The Morgan fingerprint density at radius 2 is 2.05 bits per heavy atom. The van der Waals surface area contributed by atoms with Crippen molar-refractivity contribution in [3.8, 4) is 5.82 Å². The molecule has 5 nitrogen and oxygen atoms in total. The van der Waals surface area contributed by atoms with Crippen molar-refractivity contribution < 1.29 is 17.2 Å². The summed E-state index contributed by atoms with van der Waals surface area (Å²) in [6, 6.07) is 2.36. The van der Waals surface area contributed by atoms with Gasteiger partial charge in [0.2, 0.25) is 0 Å². The van der Waals surface area contributed by atoms with Gasteiger partial charge in [0, 0.05) is 24.9 Å². The predicted molar refractivity (Wildman–Crippen MR) is 64.0 cm³/mol. The molecule has 0 saturated carbocycles. The molecule has 0 amide bonds. The molecule has 2 aromatic rings. The van der Waals surface area contributed by atoms with Crippen molar-refractivity contribution in [3.63, 3.8) is 0 Å². The average molecular weight is 287 g/mol. The smallest absolute Gasteiger partial charge is 0.237 e. The third-order valence-corrected chi connectivity index (χ3v) is 3.54. The van der Waals surface area contributed by atoms with E-state index < -0.39 is 15.8 Å². The Balaban J connectivity index is 2.46. The molecule has 0 saturated heterocycles. The number of alkyl halides is 2. The highest BCUT2D eigenvalue weighted by atomic mass is 32.2. The number of halogens is 2. The molecule has 0 N–H and O–H groups in total. The zero-order chi connectivity index (χ0) is 14.3.